The van der Waals surface area contributed by atoms with Gasteiger partial charge in [-0.3, -0.25) is 18.8 Å². The number of carbonyl (C=O) groups excluding carboxylic acids is 2. The normalized spacial score (nSPS) is 23.9. The lowest BCUT2D eigenvalue weighted by atomic mass is 10.0. The molecule has 5 rings (SSSR count). The monoisotopic (exact) mass is 557 g/mol. The molecule has 11 heteroatoms. The van der Waals surface area contributed by atoms with Crippen molar-refractivity contribution in [3.8, 4) is 0 Å². The van der Waals surface area contributed by atoms with Crippen molar-refractivity contribution in [2.75, 3.05) is 26.2 Å². The number of aliphatic hydroxyl groups excluding tert-OH is 1. The second kappa shape index (κ2) is 11.5. The number of imidazole rings is 1. The van der Waals surface area contributed by atoms with Crippen LogP contribution in [0.15, 0.2) is 23.0 Å². The molecule has 4 heterocycles. The summed E-state index contributed by atoms with van der Waals surface area (Å²) in [7, 11) is 1.75. The summed E-state index contributed by atoms with van der Waals surface area (Å²) < 4.78 is 15.2. The number of amides is 2. The fraction of sp³-hybridized carbons (Fsp3) is 0.690. The Labute approximate surface area is 235 Å². The van der Waals surface area contributed by atoms with Crippen LogP contribution in [-0.4, -0.2) is 86.3 Å². The van der Waals surface area contributed by atoms with Crippen LogP contribution in [0.3, 0.4) is 0 Å². The Balaban J connectivity index is 1.13. The number of piperidine rings is 3. The number of ether oxygens (including phenoxy) is 2. The number of hydrogen-bond acceptors (Lipinski definition) is 7. The summed E-state index contributed by atoms with van der Waals surface area (Å²) in [5.41, 5.74) is 2.04. The van der Waals surface area contributed by atoms with E-state index in [1.165, 1.54) is 0 Å². The van der Waals surface area contributed by atoms with Gasteiger partial charge in [-0.1, -0.05) is 6.07 Å². The molecular weight excluding hydrogens is 514 g/mol. The largest absolute Gasteiger partial charge is 0.444 e. The van der Waals surface area contributed by atoms with Gasteiger partial charge >= 0.3 is 11.8 Å². The lowest BCUT2D eigenvalue weighted by molar-refractivity contribution is -0.128. The van der Waals surface area contributed by atoms with Crippen molar-refractivity contribution >= 4 is 23.0 Å². The number of aliphatic hydroxyl groups is 1. The summed E-state index contributed by atoms with van der Waals surface area (Å²) in [5, 5.41) is 13.0. The average Bonchev–Trinajstić information content (AvgIpc) is 3.14. The lowest BCUT2D eigenvalue weighted by Crippen LogP contribution is -2.47. The van der Waals surface area contributed by atoms with Gasteiger partial charge in [-0.2, -0.15) is 0 Å². The molecule has 11 nitrogen and oxygen atoms in total. The van der Waals surface area contributed by atoms with E-state index in [0.717, 1.165) is 61.9 Å². The lowest BCUT2D eigenvalue weighted by Gasteiger charge is -2.37. The van der Waals surface area contributed by atoms with E-state index in [0.29, 0.717) is 19.5 Å². The first-order valence-electron chi connectivity index (χ1n) is 14.5. The van der Waals surface area contributed by atoms with Crippen molar-refractivity contribution in [3.05, 3.63) is 34.2 Å². The Morgan fingerprint density at radius 3 is 2.27 bits per heavy atom. The summed E-state index contributed by atoms with van der Waals surface area (Å²) in [4.78, 5) is 41.2. The average molecular weight is 558 g/mol. The van der Waals surface area contributed by atoms with Crippen molar-refractivity contribution in [1.29, 1.82) is 0 Å². The standard InChI is InChI=1S/C29H43N5O6/c1-29(2,3)40-28(38)33-15-11-21(12-16-33)39-20-9-13-32(14-10-20)18-19-5-6-22-24(17-19)31(4)27(37)34(22)23-7-8-25(35)30-26(23)36/h5-6,17,20-21,23,26,36H,7-16,18H2,1-4H3,(H,30,35). The van der Waals surface area contributed by atoms with Crippen LogP contribution in [0.4, 0.5) is 4.79 Å². The van der Waals surface area contributed by atoms with Gasteiger partial charge < -0.3 is 24.8 Å². The van der Waals surface area contributed by atoms with E-state index in [9.17, 15) is 19.5 Å². The highest BCUT2D eigenvalue weighted by molar-refractivity contribution is 5.79. The number of likely N-dealkylation sites (tertiary alicyclic amines) is 2. The van der Waals surface area contributed by atoms with Crippen LogP contribution >= 0.6 is 0 Å². The molecule has 3 aliphatic heterocycles. The molecule has 2 atom stereocenters. The minimum absolute atomic E-state index is 0.180. The topological polar surface area (TPSA) is 118 Å². The van der Waals surface area contributed by atoms with Crippen molar-refractivity contribution in [1.82, 2.24) is 24.3 Å². The first-order valence-corrected chi connectivity index (χ1v) is 14.5. The molecule has 2 unspecified atom stereocenters. The summed E-state index contributed by atoms with van der Waals surface area (Å²) in [5.74, 6) is -0.197. The summed E-state index contributed by atoms with van der Waals surface area (Å²) in [6, 6.07) is 5.58. The number of nitrogens with one attached hydrogen (secondary N) is 1. The molecule has 1 aromatic carbocycles. The highest BCUT2D eigenvalue weighted by atomic mass is 16.6. The summed E-state index contributed by atoms with van der Waals surface area (Å²) in [6.45, 7) is 9.66. The maximum absolute atomic E-state index is 13.1. The predicted octanol–water partition coefficient (Wildman–Crippen LogP) is 2.49. The zero-order chi connectivity index (χ0) is 28.6. The fourth-order valence-electron chi connectivity index (χ4n) is 6.10. The first-order chi connectivity index (χ1) is 19.0. The zero-order valence-corrected chi connectivity index (χ0v) is 24.1. The van der Waals surface area contributed by atoms with E-state index in [1.807, 2.05) is 32.9 Å². The molecule has 0 spiro atoms. The van der Waals surface area contributed by atoms with Gasteiger partial charge in [0, 0.05) is 46.2 Å². The van der Waals surface area contributed by atoms with Gasteiger partial charge in [0.25, 0.3) is 0 Å². The van der Waals surface area contributed by atoms with Crippen LogP contribution in [0.2, 0.25) is 0 Å². The zero-order valence-electron chi connectivity index (χ0n) is 24.1. The molecule has 3 aliphatic rings. The van der Waals surface area contributed by atoms with Gasteiger partial charge in [-0.05, 0) is 70.6 Å². The van der Waals surface area contributed by atoms with E-state index >= 15 is 0 Å². The quantitative estimate of drug-likeness (QED) is 0.580. The Morgan fingerprint density at radius 1 is 1.00 bits per heavy atom. The second-order valence-electron chi connectivity index (χ2n) is 12.4. The van der Waals surface area contributed by atoms with E-state index in [1.54, 1.807) is 21.1 Å². The molecule has 0 aliphatic carbocycles. The van der Waals surface area contributed by atoms with Gasteiger partial charge in [-0.15, -0.1) is 0 Å². The molecule has 2 amide bonds. The summed E-state index contributed by atoms with van der Waals surface area (Å²) >= 11 is 0. The Bertz CT molecular complexity index is 1280. The SMILES string of the molecule is Cn1c(=O)n(C2CCC(=O)NC2O)c2ccc(CN3CCC(OC4CCN(C(=O)OC(C)(C)C)CC4)CC3)cc21. The number of carbonyl (C=O) groups is 2. The molecular formula is C29H43N5O6. The fourth-order valence-corrected chi connectivity index (χ4v) is 6.10. The number of fused-ring (bicyclic) bond motifs is 1. The number of aromatic nitrogens is 2. The maximum Gasteiger partial charge on any atom is 0.410 e. The molecule has 0 bridgehead atoms. The minimum Gasteiger partial charge on any atom is -0.444 e. The molecule has 40 heavy (non-hydrogen) atoms. The predicted molar refractivity (Wildman–Crippen MR) is 150 cm³/mol. The van der Waals surface area contributed by atoms with Crippen LogP contribution in [0.5, 0.6) is 0 Å². The second-order valence-corrected chi connectivity index (χ2v) is 12.4. The Hall–Kier alpha value is -2.89. The molecule has 2 aromatic rings. The van der Waals surface area contributed by atoms with Crippen LogP contribution in [0.25, 0.3) is 11.0 Å². The highest BCUT2D eigenvalue weighted by Crippen LogP contribution is 2.27. The van der Waals surface area contributed by atoms with Crippen molar-refractivity contribution in [3.63, 3.8) is 0 Å². The first kappa shape index (κ1) is 28.6. The maximum atomic E-state index is 13.1. The van der Waals surface area contributed by atoms with E-state index in [4.69, 9.17) is 9.47 Å². The van der Waals surface area contributed by atoms with Crippen LogP contribution in [0.1, 0.15) is 70.9 Å². The molecule has 0 saturated carbocycles. The van der Waals surface area contributed by atoms with E-state index < -0.39 is 17.9 Å². The molecule has 1 aromatic heterocycles. The molecule has 3 fully saturated rings. The number of benzene rings is 1. The molecule has 220 valence electrons. The van der Waals surface area contributed by atoms with Crippen molar-refractivity contribution < 1.29 is 24.2 Å². The van der Waals surface area contributed by atoms with Gasteiger partial charge in [0.05, 0.1) is 29.3 Å². The third-order valence-electron chi connectivity index (χ3n) is 8.25. The van der Waals surface area contributed by atoms with Crippen LogP contribution in [0, 0.1) is 0 Å². The Morgan fingerprint density at radius 2 is 1.65 bits per heavy atom. The van der Waals surface area contributed by atoms with Crippen molar-refractivity contribution in [2.45, 2.75) is 95.9 Å². The van der Waals surface area contributed by atoms with Gasteiger partial charge in [0.15, 0.2) is 0 Å². The number of nitrogens with zero attached hydrogens (tertiary/aromatic N) is 4. The highest BCUT2D eigenvalue weighted by Gasteiger charge is 2.32. The number of rotatable bonds is 5. The van der Waals surface area contributed by atoms with Crippen LogP contribution < -0.4 is 11.0 Å². The van der Waals surface area contributed by atoms with Gasteiger partial charge in [0.2, 0.25) is 5.91 Å². The van der Waals surface area contributed by atoms with Crippen molar-refractivity contribution in [2.24, 2.45) is 7.05 Å². The van der Waals surface area contributed by atoms with Gasteiger partial charge in [-0.25, -0.2) is 9.59 Å². The summed E-state index contributed by atoms with van der Waals surface area (Å²) in [6.07, 6.45) is 3.40. The minimum atomic E-state index is -1.08. The smallest absolute Gasteiger partial charge is 0.410 e. The van der Waals surface area contributed by atoms with E-state index in [-0.39, 0.29) is 36.3 Å². The van der Waals surface area contributed by atoms with Gasteiger partial charge in [0.1, 0.15) is 11.8 Å². The third kappa shape index (κ3) is 6.37. The van der Waals surface area contributed by atoms with Crippen LogP contribution in [-0.2, 0) is 27.9 Å². The molecule has 3 saturated heterocycles. The molecule has 2 N–H and O–H groups in total. The third-order valence-corrected chi connectivity index (χ3v) is 8.25. The van der Waals surface area contributed by atoms with E-state index in [2.05, 4.69) is 16.3 Å². The number of hydrogen-bond donors (Lipinski definition) is 2. The number of aryl methyl sites for hydroxylation is 1. The Kier molecular flexibility index (Phi) is 8.26. The molecule has 0 radical (unpaired) electrons.